The molecule has 108 valence electrons. The van der Waals surface area contributed by atoms with Crippen LogP contribution >= 0.6 is 11.8 Å². The normalized spacial score (nSPS) is 11.4. The van der Waals surface area contributed by atoms with E-state index in [1.54, 1.807) is 6.08 Å². The summed E-state index contributed by atoms with van der Waals surface area (Å²) in [5.74, 6) is 0. The Morgan fingerprint density at radius 1 is 0.682 bits per heavy atom. The Hall–Kier alpha value is -2.32. The quantitative estimate of drug-likeness (QED) is 0.502. The molecule has 0 fully saturated rings. The first-order valence-corrected chi connectivity index (χ1v) is 7.88. The third-order valence-corrected chi connectivity index (χ3v) is 4.08. The Balaban J connectivity index is 1.74. The molecule has 0 radical (unpaired) electrons. The van der Waals surface area contributed by atoms with Crippen molar-refractivity contribution < 1.29 is 4.39 Å². The molecule has 0 atom stereocenters. The zero-order valence-corrected chi connectivity index (χ0v) is 12.8. The van der Waals surface area contributed by atoms with Crippen molar-refractivity contribution in [2.75, 3.05) is 0 Å². The molecule has 0 N–H and O–H groups in total. The van der Waals surface area contributed by atoms with Gasteiger partial charge in [0.05, 0.1) is 0 Å². The van der Waals surface area contributed by atoms with Crippen LogP contribution in [-0.4, -0.2) is 0 Å². The molecule has 3 rings (SSSR count). The van der Waals surface area contributed by atoms with E-state index in [2.05, 4.69) is 12.1 Å². The van der Waals surface area contributed by atoms with Gasteiger partial charge in [0.1, 0.15) is 0 Å². The van der Waals surface area contributed by atoms with Gasteiger partial charge in [0.15, 0.2) is 5.16 Å². The number of thioether (sulfide) groups is 1. The highest BCUT2D eigenvalue weighted by Crippen LogP contribution is 2.29. The van der Waals surface area contributed by atoms with E-state index in [1.165, 1.54) is 0 Å². The van der Waals surface area contributed by atoms with Crippen LogP contribution in [0.2, 0.25) is 0 Å². The first-order chi connectivity index (χ1) is 10.8. The van der Waals surface area contributed by atoms with E-state index in [0.717, 1.165) is 33.3 Å². The van der Waals surface area contributed by atoms with Gasteiger partial charge in [0, 0.05) is 4.90 Å². The van der Waals surface area contributed by atoms with Crippen LogP contribution in [0, 0.1) is 0 Å². The molecule has 0 spiro atoms. The summed E-state index contributed by atoms with van der Waals surface area (Å²) < 4.78 is 14.0. The molecular weight excluding hydrogens is 291 g/mol. The molecule has 0 heterocycles. The van der Waals surface area contributed by atoms with Crippen LogP contribution in [0.3, 0.4) is 0 Å². The van der Waals surface area contributed by atoms with E-state index in [-0.39, 0.29) is 5.16 Å². The lowest BCUT2D eigenvalue weighted by Gasteiger charge is -2.02. The number of hydrogen-bond donors (Lipinski definition) is 0. The average molecular weight is 306 g/mol. The second kappa shape index (κ2) is 7.10. The van der Waals surface area contributed by atoms with Gasteiger partial charge in [-0.3, -0.25) is 0 Å². The SMILES string of the molecule is FC(=Cc1ccc(-c2ccccc2)cc1)Sc1ccccc1. The summed E-state index contributed by atoms with van der Waals surface area (Å²) in [6.45, 7) is 0. The molecule has 3 aromatic carbocycles. The second-order valence-corrected chi connectivity index (χ2v) is 5.92. The summed E-state index contributed by atoms with van der Waals surface area (Å²) in [5.41, 5.74) is 3.16. The van der Waals surface area contributed by atoms with Crippen LogP contribution in [0.15, 0.2) is 95.0 Å². The van der Waals surface area contributed by atoms with Gasteiger partial charge in [-0.1, -0.05) is 84.6 Å². The Bertz CT molecular complexity index is 747. The summed E-state index contributed by atoms with van der Waals surface area (Å²) in [7, 11) is 0. The van der Waals surface area contributed by atoms with Crippen molar-refractivity contribution in [2.24, 2.45) is 0 Å². The van der Waals surface area contributed by atoms with E-state index >= 15 is 0 Å². The van der Waals surface area contributed by atoms with Crippen LogP contribution in [0.5, 0.6) is 0 Å². The van der Waals surface area contributed by atoms with Crippen molar-refractivity contribution in [1.29, 1.82) is 0 Å². The molecule has 0 aliphatic rings. The first kappa shape index (κ1) is 14.6. The van der Waals surface area contributed by atoms with Crippen molar-refractivity contribution in [2.45, 2.75) is 4.90 Å². The van der Waals surface area contributed by atoms with Crippen LogP contribution in [0.1, 0.15) is 5.56 Å². The van der Waals surface area contributed by atoms with Crippen LogP contribution in [0.4, 0.5) is 4.39 Å². The van der Waals surface area contributed by atoms with Crippen LogP contribution in [-0.2, 0) is 0 Å². The molecule has 2 heteroatoms. The van der Waals surface area contributed by atoms with Gasteiger partial charge in [-0.05, 0) is 34.9 Å². The van der Waals surface area contributed by atoms with E-state index in [9.17, 15) is 4.39 Å². The molecule has 3 aromatic rings. The molecule has 0 bridgehead atoms. The monoisotopic (exact) mass is 306 g/mol. The van der Waals surface area contributed by atoms with Gasteiger partial charge in [-0.2, -0.15) is 4.39 Å². The lowest BCUT2D eigenvalue weighted by molar-refractivity contribution is 0.706. The van der Waals surface area contributed by atoms with Crippen molar-refractivity contribution in [3.63, 3.8) is 0 Å². The maximum absolute atomic E-state index is 14.0. The van der Waals surface area contributed by atoms with Crippen molar-refractivity contribution in [3.05, 3.63) is 95.7 Å². The van der Waals surface area contributed by atoms with Crippen LogP contribution in [0.25, 0.3) is 17.2 Å². The molecule has 0 saturated heterocycles. The molecular formula is C20H15FS. The third-order valence-electron chi connectivity index (χ3n) is 3.26. The van der Waals surface area contributed by atoms with Gasteiger partial charge in [0.25, 0.3) is 0 Å². The van der Waals surface area contributed by atoms with Crippen molar-refractivity contribution in [1.82, 2.24) is 0 Å². The minimum atomic E-state index is -0.210. The maximum atomic E-state index is 14.0. The Kier molecular flexibility index (Phi) is 4.71. The van der Waals surface area contributed by atoms with Crippen LogP contribution < -0.4 is 0 Å². The molecule has 0 aliphatic carbocycles. The number of benzene rings is 3. The Labute approximate surface area is 134 Å². The fourth-order valence-electron chi connectivity index (χ4n) is 2.16. The smallest absolute Gasteiger partial charge is 0.161 e. The topological polar surface area (TPSA) is 0 Å². The fraction of sp³-hybridized carbons (Fsp3) is 0. The largest absolute Gasteiger partial charge is 0.199 e. The fourth-order valence-corrected chi connectivity index (χ4v) is 2.88. The molecule has 0 amide bonds. The van der Waals surface area contributed by atoms with Gasteiger partial charge in [-0.25, -0.2) is 0 Å². The lowest BCUT2D eigenvalue weighted by atomic mass is 10.0. The number of halogens is 1. The third kappa shape index (κ3) is 3.86. The number of rotatable bonds is 4. The summed E-state index contributed by atoms with van der Waals surface area (Å²) in [5, 5.41) is -0.210. The van der Waals surface area contributed by atoms with Crippen molar-refractivity contribution >= 4 is 17.8 Å². The highest BCUT2D eigenvalue weighted by molar-refractivity contribution is 8.03. The van der Waals surface area contributed by atoms with E-state index in [4.69, 9.17) is 0 Å². The Morgan fingerprint density at radius 2 is 1.23 bits per heavy atom. The van der Waals surface area contributed by atoms with Crippen molar-refractivity contribution in [3.8, 4) is 11.1 Å². The predicted molar refractivity (Wildman–Crippen MR) is 93.3 cm³/mol. The summed E-state index contributed by atoms with van der Waals surface area (Å²) in [6, 6.07) is 27.6. The number of hydrogen-bond acceptors (Lipinski definition) is 1. The van der Waals surface area contributed by atoms with Gasteiger partial charge < -0.3 is 0 Å². The average Bonchev–Trinajstić information content (AvgIpc) is 2.57. The maximum Gasteiger partial charge on any atom is 0.161 e. The second-order valence-electron chi connectivity index (χ2n) is 4.85. The first-order valence-electron chi connectivity index (χ1n) is 7.07. The zero-order chi connectivity index (χ0) is 15.2. The van der Waals surface area contributed by atoms with Gasteiger partial charge >= 0.3 is 0 Å². The molecule has 22 heavy (non-hydrogen) atoms. The highest BCUT2D eigenvalue weighted by atomic mass is 32.2. The summed E-state index contributed by atoms with van der Waals surface area (Å²) in [4.78, 5) is 0.900. The van der Waals surface area contributed by atoms with E-state index < -0.39 is 0 Å². The summed E-state index contributed by atoms with van der Waals surface area (Å²) >= 11 is 1.13. The highest BCUT2D eigenvalue weighted by Gasteiger charge is 2.00. The standard InChI is InChI=1S/C20H15FS/c21-20(22-19-9-5-2-6-10-19)15-16-11-13-18(14-12-16)17-7-3-1-4-8-17/h1-15H. The molecule has 0 aliphatic heterocycles. The lowest BCUT2D eigenvalue weighted by Crippen LogP contribution is -1.78. The summed E-state index contributed by atoms with van der Waals surface area (Å²) in [6.07, 6.45) is 1.56. The van der Waals surface area contributed by atoms with Gasteiger partial charge in [-0.15, -0.1) is 0 Å². The van der Waals surface area contributed by atoms with Gasteiger partial charge in [0.2, 0.25) is 0 Å². The van der Waals surface area contributed by atoms with E-state index in [1.807, 2.05) is 72.8 Å². The minimum absolute atomic E-state index is 0.210. The Morgan fingerprint density at radius 3 is 1.86 bits per heavy atom. The predicted octanol–water partition coefficient (Wildman–Crippen LogP) is 6.41. The van der Waals surface area contributed by atoms with E-state index in [0.29, 0.717) is 0 Å². The molecule has 0 unspecified atom stereocenters. The zero-order valence-electron chi connectivity index (χ0n) is 11.9. The molecule has 0 aromatic heterocycles. The molecule has 0 saturated carbocycles. The minimum Gasteiger partial charge on any atom is -0.199 e. The molecule has 0 nitrogen and oxygen atoms in total.